The third-order valence-corrected chi connectivity index (χ3v) is 3.20. The van der Waals surface area contributed by atoms with Gasteiger partial charge in [0.1, 0.15) is 5.15 Å². The van der Waals surface area contributed by atoms with Crippen molar-refractivity contribution < 1.29 is 4.79 Å². The lowest BCUT2D eigenvalue weighted by Crippen LogP contribution is -2.25. The number of halogens is 1. The second-order valence-corrected chi connectivity index (χ2v) is 4.90. The predicted molar refractivity (Wildman–Crippen MR) is 68.3 cm³/mol. The number of hydrogen-bond acceptors (Lipinski definition) is 2. The molecule has 1 aliphatic rings. The van der Waals surface area contributed by atoms with Crippen LogP contribution in [0.2, 0.25) is 5.15 Å². The van der Waals surface area contributed by atoms with Gasteiger partial charge in [-0.25, -0.2) is 4.98 Å². The average molecular weight is 253 g/mol. The third-order valence-electron chi connectivity index (χ3n) is 3.01. The van der Waals surface area contributed by atoms with Crippen molar-refractivity contribution in [2.24, 2.45) is 5.92 Å². The molecule has 1 amide bonds. The number of aryl methyl sites for hydroxylation is 1. The van der Waals surface area contributed by atoms with E-state index in [2.05, 4.69) is 10.3 Å². The van der Waals surface area contributed by atoms with Crippen molar-refractivity contribution >= 4 is 17.5 Å². The second-order valence-electron chi connectivity index (χ2n) is 4.51. The standard InChI is InChI=1S/C13H17ClN2O/c1-2-11-7-10(8-12(14)16-11)13(17)15-6-5-9-3-4-9/h7-9H,2-6H2,1H3,(H,15,17). The molecule has 0 radical (unpaired) electrons. The smallest absolute Gasteiger partial charge is 0.251 e. The maximum atomic E-state index is 11.9. The van der Waals surface area contributed by atoms with E-state index in [-0.39, 0.29) is 5.91 Å². The van der Waals surface area contributed by atoms with E-state index in [4.69, 9.17) is 11.6 Å². The summed E-state index contributed by atoms with van der Waals surface area (Å²) in [6.07, 6.45) is 4.50. The first-order chi connectivity index (χ1) is 8.19. The van der Waals surface area contributed by atoms with E-state index < -0.39 is 0 Å². The van der Waals surface area contributed by atoms with Crippen molar-refractivity contribution in [3.05, 3.63) is 28.5 Å². The van der Waals surface area contributed by atoms with Crippen LogP contribution in [-0.2, 0) is 6.42 Å². The number of nitrogens with one attached hydrogen (secondary N) is 1. The molecule has 2 rings (SSSR count). The molecule has 4 heteroatoms. The summed E-state index contributed by atoms with van der Waals surface area (Å²) in [4.78, 5) is 16.0. The summed E-state index contributed by atoms with van der Waals surface area (Å²) < 4.78 is 0. The van der Waals surface area contributed by atoms with Gasteiger partial charge < -0.3 is 5.32 Å². The summed E-state index contributed by atoms with van der Waals surface area (Å²) >= 11 is 5.88. The van der Waals surface area contributed by atoms with Crippen molar-refractivity contribution in [1.29, 1.82) is 0 Å². The summed E-state index contributed by atoms with van der Waals surface area (Å²) in [5.74, 6) is 0.784. The number of nitrogens with zero attached hydrogens (tertiary/aromatic N) is 1. The molecule has 92 valence electrons. The quantitative estimate of drug-likeness (QED) is 0.819. The molecule has 17 heavy (non-hydrogen) atoms. The number of amides is 1. The molecule has 1 fully saturated rings. The average Bonchev–Trinajstić information content (AvgIpc) is 3.12. The molecule has 1 aromatic rings. The Hall–Kier alpha value is -1.09. The highest BCUT2D eigenvalue weighted by Gasteiger charge is 2.20. The van der Waals surface area contributed by atoms with Crippen LogP contribution in [0.1, 0.15) is 42.2 Å². The van der Waals surface area contributed by atoms with Gasteiger partial charge in [0, 0.05) is 17.8 Å². The van der Waals surface area contributed by atoms with Gasteiger partial charge in [-0.3, -0.25) is 4.79 Å². The minimum absolute atomic E-state index is 0.0512. The Labute approximate surface area is 107 Å². The van der Waals surface area contributed by atoms with Crippen molar-refractivity contribution in [1.82, 2.24) is 10.3 Å². The van der Waals surface area contributed by atoms with Gasteiger partial charge in [0.25, 0.3) is 5.91 Å². The largest absolute Gasteiger partial charge is 0.352 e. The lowest BCUT2D eigenvalue weighted by Gasteiger charge is -2.06. The Morgan fingerprint density at radius 1 is 1.53 bits per heavy atom. The molecule has 3 nitrogen and oxygen atoms in total. The number of pyridine rings is 1. The van der Waals surface area contributed by atoms with E-state index in [1.807, 2.05) is 6.92 Å². The van der Waals surface area contributed by atoms with Crippen LogP contribution in [0.15, 0.2) is 12.1 Å². The van der Waals surface area contributed by atoms with Gasteiger partial charge in [-0.2, -0.15) is 0 Å². The summed E-state index contributed by atoms with van der Waals surface area (Å²) in [6.45, 7) is 2.75. The zero-order valence-electron chi connectivity index (χ0n) is 10.0. The molecular formula is C13H17ClN2O. The van der Waals surface area contributed by atoms with Gasteiger partial charge >= 0.3 is 0 Å². The van der Waals surface area contributed by atoms with Gasteiger partial charge in [-0.15, -0.1) is 0 Å². The fourth-order valence-corrected chi connectivity index (χ4v) is 1.99. The summed E-state index contributed by atoms with van der Waals surface area (Å²) in [7, 11) is 0. The Balaban J connectivity index is 1.94. The second kappa shape index (κ2) is 5.50. The summed E-state index contributed by atoms with van der Waals surface area (Å²) in [5, 5.41) is 3.31. The molecule has 1 saturated carbocycles. The van der Waals surface area contributed by atoms with E-state index >= 15 is 0 Å². The molecule has 0 atom stereocenters. The van der Waals surface area contributed by atoms with Crippen molar-refractivity contribution in [2.45, 2.75) is 32.6 Å². The van der Waals surface area contributed by atoms with E-state index in [0.29, 0.717) is 10.7 Å². The SMILES string of the molecule is CCc1cc(C(=O)NCCC2CC2)cc(Cl)n1. The van der Waals surface area contributed by atoms with Crippen molar-refractivity contribution in [3.63, 3.8) is 0 Å². The van der Waals surface area contributed by atoms with Crippen LogP contribution < -0.4 is 5.32 Å². The monoisotopic (exact) mass is 252 g/mol. The first-order valence-electron chi connectivity index (χ1n) is 6.13. The van der Waals surface area contributed by atoms with Crippen LogP contribution >= 0.6 is 11.6 Å². The minimum atomic E-state index is -0.0512. The van der Waals surface area contributed by atoms with E-state index in [0.717, 1.165) is 31.0 Å². The Morgan fingerprint density at radius 2 is 2.29 bits per heavy atom. The van der Waals surface area contributed by atoms with Crippen molar-refractivity contribution in [2.75, 3.05) is 6.54 Å². The van der Waals surface area contributed by atoms with Crippen LogP contribution in [0.25, 0.3) is 0 Å². The van der Waals surface area contributed by atoms with Gasteiger partial charge in [0.15, 0.2) is 0 Å². The topological polar surface area (TPSA) is 42.0 Å². The molecule has 1 heterocycles. The zero-order valence-corrected chi connectivity index (χ0v) is 10.8. The third kappa shape index (κ3) is 3.70. The molecule has 1 N–H and O–H groups in total. The lowest BCUT2D eigenvalue weighted by molar-refractivity contribution is 0.0952. The van der Waals surface area contributed by atoms with Gasteiger partial charge in [-0.05, 0) is 30.9 Å². The maximum absolute atomic E-state index is 11.9. The number of carbonyl (C=O) groups is 1. The Kier molecular flexibility index (Phi) is 4.00. The molecular weight excluding hydrogens is 236 g/mol. The fraction of sp³-hybridized carbons (Fsp3) is 0.538. The van der Waals surface area contributed by atoms with Gasteiger partial charge in [-0.1, -0.05) is 31.4 Å². The fourth-order valence-electron chi connectivity index (χ4n) is 1.76. The molecule has 1 aliphatic carbocycles. The van der Waals surface area contributed by atoms with Crippen LogP contribution in [0.3, 0.4) is 0 Å². The van der Waals surface area contributed by atoms with Gasteiger partial charge in [0.2, 0.25) is 0 Å². The molecule has 0 unspecified atom stereocenters. The predicted octanol–water partition coefficient (Wildman–Crippen LogP) is 2.83. The highest BCUT2D eigenvalue weighted by molar-refractivity contribution is 6.29. The number of rotatable bonds is 5. The van der Waals surface area contributed by atoms with Gasteiger partial charge in [0.05, 0.1) is 0 Å². The zero-order chi connectivity index (χ0) is 12.3. The number of hydrogen-bond donors (Lipinski definition) is 1. The summed E-state index contributed by atoms with van der Waals surface area (Å²) in [5.41, 5.74) is 1.46. The number of carbonyl (C=O) groups excluding carboxylic acids is 1. The molecule has 0 aromatic carbocycles. The molecule has 1 aromatic heterocycles. The molecule has 0 spiro atoms. The highest BCUT2D eigenvalue weighted by atomic mass is 35.5. The minimum Gasteiger partial charge on any atom is -0.352 e. The Bertz CT molecular complexity index is 416. The summed E-state index contributed by atoms with van der Waals surface area (Å²) in [6, 6.07) is 3.42. The molecule has 0 saturated heterocycles. The van der Waals surface area contributed by atoms with Crippen molar-refractivity contribution in [3.8, 4) is 0 Å². The van der Waals surface area contributed by atoms with Crippen LogP contribution in [0.5, 0.6) is 0 Å². The first-order valence-corrected chi connectivity index (χ1v) is 6.51. The van der Waals surface area contributed by atoms with E-state index in [1.165, 1.54) is 12.8 Å². The van der Waals surface area contributed by atoms with Crippen LogP contribution in [0.4, 0.5) is 0 Å². The maximum Gasteiger partial charge on any atom is 0.251 e. The van der Waals surface area contributed by atoms with Crippen LogP contribution in [0, 0.1) is 5.92 Å². The molecule has 0 aliphatic heterocycles. The molecule has 0 bridgehead atoms. The normalized spacial score (nSPS) is 14.7. The van der Waals surface area contributed by atoms with E-state index in [1.54, 1.807) is 12.1 Å². The Morgan fingerprint density at radius 3 is 2.94 bits per heavy atom. The highest BCUT2D eigenvalue weighted by Crippen LogP contribution is 2.31. The van der Waals surface area contributed by atoms with E-state index in [9.17, 15) is 4.79 Å². The van der Waals surface area contributed by atoms with Crippen LogP contribution in [-0.4, -0.2) is 17.4 Å². The lowest BCUT2D eigenvalue weighted by atomic mass is 10.2. The first kappa shape index (κ1) is 12.4. The number of aromatic nitrogens is 1.